The van der Waals surface area contributed by atoms with E-state index in [9.17, 15) is 8.42 Å². The molecule has 120 valence electrons. The Morgan fingerprint density at radius 3 is 2.76 bits per heavy atom. The molecule has 1 aromatic rings. The van der Waals surface area contributed by atoms with E-state index in [0.29, 0.717) is 17.4 Å². The lowest BCUT2D eigenvalue weighted by Crippen LogP contribution is -2.36. The lowest BCUT2D eigenvalue weighted by molar-refractivity contribution is 0.220. The molecule has 0 aliphatic carbocycles. The van der Waals surface area contributed by atoms with Gasteiger partial charge in [-0.15, -0.1) is 11.3 Å². The third-order valence-corrected chi connectivity index (χ3v) is 6.38. The van der Waals surface area contributed by atoms with E-state index in [4.69, 9.17) is 0 Å². The van der Waals surface area contributed by atoms with Gasteiger partial charge in [0.05, 0.1) is 4.90 Å². The number of hydrogen-bond donors (Lipinski definition) is 2. The first-order valence-corrected chi connectivity index (χ1v) is 9.84. The highest BCUT2D eigenvalue weighted by atomic mass is 32.2. The number of piperidine rings is 1. The normalized spacial score (nSPS) is 18.2. The summed E-state index contributed by atoms with van der Waals surface area (Å²) in [5.41, 5.74) is 0. The minimum atomic E-state index is -3.36. The van der Waals surface area contributed by atoms with Gasteiger partial charge in [-0.3, -0.25) is 0 Å². The molecule has 1 aliphatic heterocycles. The second-order valence-electron chi connectivity index (χ2n) is 5.63. The van der Waals surface area contributed by atoms with Crippen molar-refractivity contribution in [3.63, 3.8) is 0 Å². The highest BCUT2D eigenvalue weighted by Crippen LogP contribution is 2.20. The molecule has 21 heavy (non-hydrogen) atoms. The molecule has 0 amide bonds. The van der Waals surface area contributed by atoms with Gasteiger partial charge in [-0.2, -0.15) is 0 Å². The molecule has 0 bridgehead atoms. The van der Waals surface area contributed by atoms with Gasteiger partial charge in [0.25, 0.3) is 0 Å². The fourth-order valence-electron chi connectivity index (χ4n) is 2.42. The van der Waals surface area contributed by atoms with Gasteiger partial charge in [0.2, 0.25) is 10.0 Å². The largest absolute Gasteiger partial charge is 0.312 e. The molecule has 2 rings (SSSR count). The van der Waals surface area contributed by atoms with Crippen molar-refractivity contribution in [1.29, 1.82) is 0 Å². The van der Waals surface area contributed by atoms with E-state index in [0.717, 1.165) is 43.9 Å². The van der Waals surface area contributed by atoms with Gasteiger partial charge in [-0.25, -0.2) is 13.1 Å². The first-order chi connectivity index (χ1) is 10.0. The van der Waals surface area contributed by atoms with Crippen LogP contribution in [0.5, 0.6) is 0 Å². The van der Waals surface area contributed by atoms with Crippen LogP contribution in [0.2, 0.25) is 0 Å². The molecule has 1 aromatic heterocycles. The van der Waals surface area contributed by atoms with Crippen LogP contribution < -0.4 is 10.0 Å². The van der Waals surface area contributed by atoms with Gasteiger partial charge in [-0.05, 0) is 51.5 Å². The summed E-state index contributed by atoms with van der Waals surface area (Å²) < 4.78 is 27.4. The summed E-state index contributed by atoms with van der Waals surface area (Å²) in [6.07, 6.45) is 2.13. The van der Waals surface area contributed by atoms with E-state index >= 15 is 0 Å². The van der Waals surface area contributed by atoms with Crippen LogP contribution in [0.3, 0.4) is 0 Å². The molecule has 0 saturated carbocycles. The number of likely N-dealkylation sites (tertiary alicyclic amines) is 1. The monoisotopic (exact) mass is 331 g/mol. The Morgan fingerprint density at radius 1 is 1.38 bits per heavy atom. The lowest BCUT2D eigenvalue weighted by atomic mass is 9.98. The maximum Gasteiger partial charge on any atom is 0.241 e. The van der Waals surface area contributed by atoms with Crippen LogP contribution in [0.1, 0.15) is 24.6 Å². The molecule has 0 spiro atoms. The summed E-state index contributed by atoms with van der Waals surface area (Å²) in [6.45, 7) is 6.30. The zero-order valence-electron chi connectivity index (χ0n) is 12.8. The second kappa shape index (κ2) is 7.69. The highest BCUT2D eigenvalue weighted by molar-refractivity contribution is 7.89. The number of hydrogen-bond acceptors (Lipinski definition) is 5. The van der Waals surface area contributed by atoms with Crippen LogP contribution in [0.25, 0.3) is 0 Å². The average molecular weight is 332 g/mol. The third kappa shape index (κ3) is 5.03. The molecular formula is C14H25N3O2S2. The molecule has 2 N–H and O–H groups in total. The molecule has 1 saturated heterocycles. The number of nitrogens with zero attached hydrogens (tertiary/aromatic N) is 1. The SMILES string of the molecule is CCNCc1cc(S(=O)(=O)NCC2CCN(C)CC2)cs1. The molecule has 2 heterocycles. The van der Waals surface area contributed by atoms with Gasteiger partial charge >= 0.3 is 0 Å². The van der Waals surface area contributed by atoms with E-state index in [1.54, 1.807) is 11.4 Å². The average Bonchev–Trinajstić information content (AvgIpc) is 2.94. The Balaban J connectivity index is 1.87. The molecule has 0 atom stereocenters. The Morgan fingerprint density at radius 2 is 2.10 bits per heavy atom. The maximum atomic E-state index is 12.3. The van der Waals surface area contributed by atoms with Crippen molar-refractivity contribution in [3.8, 4) is 0 Å². The van der Waals surface area contributed by atoms with Crippen molar-refractivity contribution in [2.45, 2.75) is 31.2 Å². The predicted molar refractivity (Wildman–Crippen MR) is 87.1 cm³/mol. The summed E-state index contributed by atoms with van der Waals surface area (Å²) in [4.78, 5) is 3.74. The second-order valence-corrected chi connectivity index (χ2v) is 8.39. The van der Waals surface area contributed by atoms with E-state index < -0.39 is 10.0 Å². The van der Waals surface area contributed by atoms with Gasteiger partial charge < -0.3 is 10.2 Å². The van der Waals surface area contributed by atoms with Gasteiger partial charge in [0.15, 0.2) is 0 Å². The topological polar surface area (TPSA) is 61.4 Å². The van der Waals surface area contributed by atoms with Gasteiger partial charge in [0, 0.05) is 23.3 Å². The first-order valence-electron chi connectivity index (χ1n) is 7.47. The van der Waals surface area contributed by atoms with Crippen LogP contribution in [-0.2, 0) is 16.6 Å². The Hall–Kier alpha value is -0.470. The van der Waals surface area contributed by atoms with Crippen LogP contribution in [0, 0.1) is 5.92 Å². The van der Waals surface area contributed by atoms with E-state index in [2.05, 4.69) is 22.0 Å². The lowest BCUT2D eigenvalue weighted by Gasteiger charge is -2.28. The molecule has 5 nitrogen and oxygen atoms in total. The maximum absolute atomic E-state index is 12.3. The summed E-state index contributed by atoms with van der Waals surface area (Å²) in [6, 6.07) is 1.77. The molecule has 0 aromatic carbocycles. The van der Waals surface area contributed by atoms with E-state index in [1.165, 1.54) is 11.3 Å². The Kier molecular flexibility index (Phi) is 6.19. The number of nitrogens with one attached hydrogen (secondary N) is 2. The number of sulfonamides is 1. The first kappa shape index (κ1) is 16.9. The van der Waals surface area contributed by atoms with Crippen molar-refractivity contribution in [1.82, 2.24) is 14.9 Å². The van der Waals surface area contributed by atoms with Crippen molar-refractivity contribution >= 4 is 21.4 Å². The zero-order valence-corrected chi connectivity index (χ0v) is 14.4. The summed E-state index contributed by atoms with van der Waals surface area (Å²) in [5.74, 6) is 0.454. The quantitative estimate of drug-likeness (QED) is 0.794. The smallest absolute Gasteiger partial charge is 0.241 e. The minimum absolute atomic E-state index is 0.397. The molecule has 7 heteroatoms. The Labute approximate surface area is 131 Å². The van der Waals surface area contributed by atoms with Crippen LogP contribution in [0.15, 0.2) is 16.3 Å². The number of thiophene rings is 1. The minimum Gasteiger partial charge on any atom is -0.312 e. The third-order valence-electron chi connectivity index (χ3n) is 3.89. The highest BCUT2D eigenvalue weighted by Gasteiger charge is 2.21. The van der Waals surface area contributed by atoms with Crippen molar-refractivity contribution in [2.24, 2.45) is 5.92 Å². The van der Waals surface area contributed by atoms with E-state index in [-0.39, 0.29) is 0 Å². The van der Waals surface area contributed by atoms with Gasteiger partial charge in [-0.1, -0.05) is 6.92 Å². The van der Waals surface area contributed by atoms with E-state index in [1.807, 2.05) is 6.92 Å². The molecular weight excluding hydrogens is 306 g/mol. The van der Waals surface area contributed by atoms with Crippen LogP contribution >= 0.6 is 11.3 Å². The van der Waals surface area contributed by atoms with Crippen molar-refractivity contribution in [2.75, 3.05) is 33.2 Å². The summed E-state index contributed by atoms with van der Waals surface area (Å²) >= 11 is 1.49. The van der Waals surface area contributed by atoms with Crippen LogP contribution in [0.4, 0.5) is 0 Å². The summed E-state index contributed by atoms with van der Waals surface area (Å²) in [7, 11) is -1.25. The van der Waals surface area contributed by atoms with Crippen molar-refractivity contribution < 1.29 is 8.42 Å². The van der Waals surface area contributed by atoms with Crippen LogP contribution in [-0.4, -0.2) is 46.5 Å². The number of rotatable bonds is 7. The standard InChI is InChI=1S/C14H25N3O2S2/c1-3-15-10-13-8-14(11-20-13)21(18,19)16-9-12-4-6-17(2)7-5-12/h8,11-12,15-16H,3-7,9-10H2,1-2H3. The molecule has 1 aliphatic rings. The molecule has 0 unspecified atom stereocenters. The Bertz CT molecular complexity index is 534. The zero-order chi connectivity index (χ0) is 15.3. The summed E-state index contributed by atoms with van der Waals surface area (Å²) in [5, 5.41) is 4.93. The van der Waals surface area contributed by atoms with Crippen molar-refractivity contribution in [3.05, 3.63) is 16.3 Å². The predicted octanol–water partition coefficient (Wildman–Crippen LogP) is 1.48. The van der Waals surface area contributed by atoms with Gasteiger partial charge in [0.1, 0.15) is 0 Å². The fourth-order valence-corrected chi connectivity index (χ4v) is 4.78. The molecule has 0 radical (unpaired) electrons. The fraction of sp³-hybridized carbons (Fsp3) is 0.714. The molecule has 1 fully saturated rings.